The summed E-state index contributed by atoms with van der Waals surface area (Å²) < 4.78 is 0. The molecule has 10 aromatic carbocycles. The number of para-hydroxylation sites is 4. The van der Waals surface area contributed by atoms with Crippen molar-refractivity contribution >= 4 is 66.4 Å². The Morgan fingerprint density at radius 2 is 0.641 bits per heavy atom. The van der Waals surface area contributed by atoms with Crippen LogP contribution >= 0.6 is 0 Å². The number of aryl methyl sites for hydroxylation is 4. The molecule has 310 valence electrons. The molecule has 0 fully saturated rings. The fourth-order valence-electron chi connectivity index (χ4n) is 12.0. The van der Waals surface area contributed by atoms with Crippen molar-refractivity contribution < 1.29 is 0 Å². The molecule has 2 heteroatoms. The van der Waals surface area contributed by atoms with Gasteiger partial charge in [0.25, 0.3) is 0 Å². The predicted octanol–water partition coefficient (Wildman–Crippen LogP) is 17.4. The van der Waals surface area contributed by atoms with E-state index in [1.165, 1.54) is 133 Å². The van der Waals surface area contributed by atoms with Crippen molar-refractivity contribution in [1.82, 2.24) is 0 Å². The summed E-state index contributed by atoms with van der Waals surface area (Å²) in [5.41, 5.74) is 22.8. The first-order valence-corrected chi connectivity index (χ1v) is 22.9. The van der Waals surface area contributed by atoms with Crippen molar-refractivity contribution in [2.75, 3.05) is 9.80 Å². The van der Waals surface area contributed by atoms with Gasteiger partial charge in [-0.05, 0) is 175 Å². The minimum Gasteiger partial charge on any atom is -0.310 e. The van der Waals surface area contributed by atoms with E-state index in [9.17, 15) is 0 Å². The Balaban J connectivity index is 1.09. The van der Waals surface area contributed by atoms with Gasteiger partial charge in [-0.2, -0.15) is 0 Å². The molecule has 0 saturated carbocycles. The van der Waals surface area contributed by atoms with E-state index in [0.717, 1.165) is 0 Å². The van der Waals surface area contributed by atoms with Gasteiger partial charge in [0.1, 0.15) is 0 Å². The molecular weight excluding hydrogens is 773 g/mol. The summed E-state index contributed by atoms with van der Waals surface area (Å²) in [6.07, 6.45) is 0. The minimum atomic E-state index is -0.251. The molecule has 0 saturated heterocycles. The van der Waals surface area contributed by atoms with E-state index in [1.54, 1.807) is 0 Å². The van der Waals surface area contributed by atoms with Crippen LogP contribution in [0.3, 0.4) is 0 Å². The Morgan fingerprint density at radius 3 is 0.984 bits per heavy atom. The van der Waals surface area contributed by atoms with Gasteiger partial charge in [-0.1, -0.05) is 149 Å². The third-order valence-corrected chi connectivity index (χ3v) is 15.0. The smallest absolute Gasteiger partial charge is 0.0490 e. The fraction of sp³-hybridized carbons (Fsp3) is 0.161. The highest BCUT2D eigenvalue weighted by Gasteiger charge is 2.43. The van der Waals surface area contributed by atoms with Crippen LogP contribution in [0.2, 0.25) is 0 Å². The standard InChI is InChI=1S/C62H52N2/c1-37-19-9-13-27-51(37)63(52-28-14-10-20-38(52)2)41-31-33-43-49(35-41)61(5,6)59-47-25-18-26-48-56(47)55-45(57(43)59)23-17-24-46(55)58-44-34-32-42(36-50(44)62(7,8)60(48)58)64(53-29-15-11-21-39(53)3)54-30-16-12-22-40(54)4/h9-36H,1-8H3. The van der Waals surface area contributed by atoms with Crippen LogP contribution in [-0.4, -0.2) is 0 Å². The Kier molecular flexibility index (Phi) is 8.23. The Morgan fingerprint density at radius 1 is 0.328 bits per heavy atom. The summed E-state index contributed by atoms with van der Waals surface area (Å²) in [6.45, 7) is 18.7. The van der Waals surface area contributed by atoms with Crippen molar-refractivity contribution in [3.8, 4) is 22.3 Å². The zero-order valence-electron chi connectivity index (χ0n) is 38.1. The first-order chi connectivity index (χ1) is 31.0. The molecule has 0 atom stereocenters. The van der Waals surface area contributed by atoms with E-state index in [2.05, 4.69) is 235 Å². The number of nitrogens with zero attached hydrogens (tertiary/aromatic N) is 2. The van der Waals surface area contributed by atoms with E-state index < -0.39 is 0 Å². The van der Waals surface area contributed by atoms with Crippen molar-refractivity contribution in [2.45, 2.75) is 66.2 Å². The second-order valence-corrected chi connectivity index (χ2v) is 19.5. The Labute approximate surface area is 377 Å². The Bertz CT molecular complexity index is 3250. The number of hydrogen-bond donors (Lipinski definition) is 0. The largest absolute Gasteiger partial charge is 0.310 e. The second-order valence-electron chi connectivity index (χ2n) is 19.5. The van der Waals surface area contributed by atoms with Crippen LogP contribution in [0, 0.1) is 27.7 Å². The van der Waals surface area contributed by atoms with Gasteiger partial charge in [0.2, 0.25) is 0 Å². The van der Waals surface area contributed by atoms with Crippen LogP contribution in [0.25, 0.3) is 54.6 Å². The van der Waals surface area contributed by atoms with Crippen molar-refractivity contribution in [3.05, 3.63) is 214 Å². The summed E-state index contributed by atoms with van der Waals surface area (Å²) in [5.74, 6) is 0. The first-order valence-electron chi connectivity index (χ1n) is 22.9. The SMILES string of the molecule is Cc1ccccc1N(c1ccc2c(c1)C(C)(C)c1c-2c2cccc3c4c(c5cccc1c5c23)C(C)(C)c1cc(N(c2ccccc2C)c2ccccc2C)ccc1-4)c1ccccc1C. The van der Waals surface area contributed by atoms with Crippen LogP contribution < -0.4 is 9.80 Å². The minimum absolute atomic E-state index is 0.251. The molecule has 0 aromatic heterocycles. The van der Waals surface area contributed by atoms with Gasteiger partial charge < -0.3 is 9.80 Å². The highest BCUT2D eigenvalue weighted by Crippen LogP contribution is 2.61. The second kappa shape index (κ2) is 13.7. The predicted molar refractivity (Wildman–Crippen MR) is 274 cm³/mol. The molecule has 0 heterocycles. The summed E-state index contributed by atoms with van der Waals surface area (Å²) in [5, 5.41) is 8.22. The maximum atomic E-state index is 2.49. The zero-order chi connectivity index (χ0) is 43.8. The molecule has 0 aliphatic heterocycles. The van der Waals surface area contributed by atoms with E-state index >= 15 is 0 Å². The molecule has 0 N–H and O–H groups in total. The fourth-order valence-corrected chi connectivity index (χ4v) is 12.0. The van der Waals surface area contributed by atoms with Gasteiger partial charge >= 0.3 is 0 Å². The maximum absolute atomic E-state index is 2.49. The Hall–Kier alpha value is -7.16. The summed E-state index contributed by atoms with van der Waals surface area (Å²) in [4.78, 5) is 4.93. The quantitative estimate of drug-likeness (QED) is 0.154. The number of hydrogen-bond acceptors (Lipinski definition) is 2. The molecule has 2 aliphatic carbocycles. The van der Waals surface area contributed by atoms with Gasteiger partial charge in [-0.25, -0.2) is 0 Å². The van der Waals surface area contributed by atoms with E-state index in [1.807, 2.05) is 0 Å². The van der Waals surface area contributed by atoms with Crippen LogP contribution in [-0.2, 0) is 10.8 Å². The van der Waals surface area contributed by atoms with Crippen molar-refractivity contribution in [2.24, 2.45) is 0 Å². The summed E-state index contributed by atoms with van der Waals surface area (Å²) in [6, 6.07) is 63.9. The molecule has 0 radical (unpaired) electrons. The van der Waals surface area contributed by atoms with E-state index in [0.29, 0.717) is 0 Å². The van der Waals surface area contributed by atoms with E-state index in [4.69, 9.17) is 0 Å². The number of fused-ring (bicyclic) bond motifs is 10. The van der Waals surface area contributed by atoms with Crippen LogP contribution in [0.4, 0.5) is 34.1 Å². The van der Waals surface area contributed by atoms with Crippen molar-refractivity contribution in [1.29, 1.82) is 0 Å². The normalized spacial score (nSPS) is 14.2. The van der Waals surface area contributed by atoms with Gasteiger partial charge in [-0.3, -0.25) is 0 Å². The first kappa shape index (κ1) is 38.5. The number of anilines is 6. The van der Waals surface area contributed by atoms with Gasteiger partial charge in [0.15, 0.2) is 0 Å². The molecule has 0 unspecified atom stereocenters. The molecule has 64 heavy (non-hydrogen) atoms. The van der Waals surface area contributed by atoms with Gasteiger partial charge in [0.05, 0.1) is 0 Å². The van der Waals surface area contributed by atoms with Gasteiger partial charge in [0, 0.05) is 45.0 Å². The highest BCUT2D eigenvalue weighted by molar-refractivity contribution is 6.33. The average Bonchev–Trinajstić information content (AvgIpc) is 3.68. The summed E-state index contributed by atoms with van der Waals surface area (Å²) >= 11 is 0. The van der Waals surface area contributed by atoms with Gasteiger partial charge in [-0.15, -0.1) is 0 Å². The lowest BCUT2D eigenvalue weighted by Crippen LogP contribution is -2.18. The zero-order valence-corrected chi connectivity index (χ0v) is 38.1. The molecule has 2 nitrogen and oxygen atoms in total. The molecule has 0 amide bonds. The topological polar surface area (TPSA) is 6.48 Å². The molecule has 10 aromatic rings. The van der Waals surface area contributed by atoms with E-state index in [-0.39, 0.29) is 10.8 Å². The van der Waals surface area contributed by atoms with Crippen molar-refractivity contribution in [3.63, 3.8) is 0 Å². The molecular formula is C62H52N2. The third-order valence-electron chi connectivity index (χ3n) is 15.0. The average molecular weight is 825 g/mol. The third kappa shape index (κ3) is 5.20. The van der Waals surface area contributed by atoms with Crippen LogP contribution in [0.1, 0.15) is 72.2 Å². The number of rotatable bonds is 6. The van der Waals surface area contributed by atoms with Crippen LogP contribution in [0.5, 0.6) is 0 Å². The molecule has 2 aliphatic rings. The molecule has 0 bridgehead atoms. The molecule has 0 spiro atoms. The number of benzene rings is 10. The monoisotopic (exact) mass is 824 g/mol. The maximum Gasteiger partial charge on any atom is 0.0490 e. The lowest BCUT2D eigenvalue weighted by atomic mass is 9.75. The highest BCUT2D eigenvalue weighted by atomic mass is 15.2. The molecule has 12 rings (SSSR count). The summed E-state index contributed by atoms with van der Waals surface area (Å²) in [7, 11) is 0. The van der Waals surface area contributed by atoms with Crippen LogP contribution in [0.15, 0.2) is 170 Å². The lowest BCUT2D eigenvalue weighted by Gasteiger charge is -2.31. The lowest BCUT2D eigenvalue weighted by molar-refractivity contribution is 0.665.